The predicted octanol–water partition coefficient (Wildman–Crippen LogP) is 6.62. The zero-order chi connectivity index (χ0) is 25.4. The van der Waals surface area contributed by atoms with Gasteiger partial charge < -0.3 is 4.90 Å². The number of nitrogens with zero attached hydrogens (tertiary/aromatic N) is 3. The number of hydrogen-bond donors (Lipinski definition) is 0. The van der Waals surface area contributed by atoms with Crippen molar-refractivity contribution in [3.05, 3.63) is 93.2 Å². The zero-order valence-electron chi connectivity index (χ0n) is 20.6. The Kier molecular flexibility index (Phi) is 6.91. The van der Waals surface area contributed by atoms with E-state index in [0.29, 0.717) is 33.5 Å². The fourth-order valence-electron chi connectivity index (χ4n) is 4.63. The number of rotatable bonds is 6. The van der Waals surface area contributed by atoms with Crippen LogP contribution in [0.15, 0.2) is 76.7 Å². The molecular weight excluding hydrogens is 490 g/mol. The molecule has 0 saturated heterocycles. The van der Waals surface area contributed by atoms with Gasteiger partial charge in [-0.3, -0.25) is 14.2 Å². The lowest BCUT2D eigenvalue weighted by atomic mass is 9.98. The summed E-state index contributed by atoms with van der Waals surface area (Å²) in [5.74, 6) is 0.438. The van der Waals surface area contributed by atoms with Crippen molar-refractivity contribution in [2.75, 3.05) is 11.4 Å². The quantitative estimate of drug-likeness (QED) is 0.213. The maximum absolute atomic E-state index is 13.7. The third kappa shape index (κ3) is 4.56. The summed E-state index contributed by atoms with van der Waals surface area (Å²) in [5.41, 5.74) is 4.45. The van der Waals surface area contributed by atoms with Crippen molar-refractivity contribution in [1.82, 2.24) is 9.55 Å². The number of carbonyl (C=O) groups is 1. The molecule has 0 N–H and O–H groups in total. The molecule has 0 bridgehead atoms. The molecule has 0 aliphatic carbocycles. The first-order valence-electron chi connectivity index (χ1n) is 12.3. The van der Waals surface area contributed by atoms with Crippen LogP contribution in [0.1, 0.15) is 44.2 Å². The summed E-state index contributed by atoms with van der Waals surface area (Å²) < 4.78 is 1.60. The molecule has 0 unspecified atom stereocenters. The highest BCUT2D eigenvalue weighted by Gasteiger charge is 2.29. The highest BCUT2D eigenvalue weighted by Crippen LogP contribution is 2.32. The maximum atomic E-state index is 13.7. The topological polar surface area (TPSA) is 55.2 Å². The number of benzene rings is 3. The average molecular weight is 518 g/mol. The van der Waals surface area contributed by atoms with Gasteiger partial charge in [-0.2, -0.15) is 0 Å². The SMILES string of the molecule is CC[C@H](C)c1ccc(-n2c(S[C@@H](C)C(=O)N3CCc4ccccc43)nc3ccc(Cl)cc3c2=O)cc1. The van der Waals surface area contributed by atoms with Gasteiger partial charge in [0, 0.05) is 17.3 Å². The van der Waals surface area contributed by atoms with E-state index in [0.717, 1.165) is 24.2 Å². The molecule has 0 saturated carbocycles. The van der Waals surface area contributed by atoms with Gasteiger partial charge in [-0.05, 0) is 73.2 Å². The lowest BCUT2D eigenvalue weighted by molar-refractivity contribution is -0.117. The molecule has 184 valence electrons. The standard InChI is InChI=1S/C29H28ClN3O2S/c1-4-18(2)20-9-12-23(13-10-20)33-28(35)24-17-22(30)11-14-25(24)31-29(33)36-19(3)27(34)32-16-15-21-7-5-6-8-26(21)32/h5-14,17-19H,4,15-16H2,1-3H3/t18-,19-/m0/s1. The number of carbonyl (C=O) groups excluding carboxylic acids is 1. The lowest BCUT2D eigenvalue weighted by Crippen LogP contribution is -2.35. The normalized spacial score (nSPS) is 14.6. The molecule has 36 heavy (non-hydrogen) atoms. The Morgan fingerprint density at radius 2 is 1.83 bits per heavy atom. The van der Waals surface area contributed by atoms with E-state index in [4.69, 9.17) is 16.6 Å². The largest absolute Gasteiger partial charge is 0.311 e. The van der Waals surface area contributed by atoms with Crippen LogP contribution in [0.25, 0.3) is 16.6 Å². The van der Waals surface area contributed by atoms with Crippen LogP contribution >= 0.6 is 23.4 Å². The molecule has 3 aromatic carbocycles. The zero-order valence-corrected chi connectivity index (χ0v) is 22.1. The number of amides is 1. The Labute approximate surface area is 220 Å². The fourth-order valence-corrected chi connectivity index (χ4v) is 5.79. The van der Waals surface area contributed by atoms with Crippen LogP contribution in [-0.2, 0) is 11.2 Å². The molecule has 5 rings (SSSR count). The Balaban J connectivity index is 1.55. The third-order valence-electron chi connectivity index (χ3n) is 6.92. The summed E-state index contributed by atoms with van der Waals surface area (Å²) >= 11 is 7.52. The molecule has 1 aliphatic rings. The summed E-state index contributed by atoms with van der Waals surface area (Å²) in [4.78, 5) is 33.8. The minimum Gasteiger partial charge on any atom is -0.311 e. The highest BCUT2D eigenvalue weighted by molar-refractivity contribution is 8.00. The smallest absolute Gasteiger partial charge is 0.266 e. The first kappa shape index (κ1) is 24.6. The fraction of sp³-hybridized carbons (Fsp3) is 0.276. The predicted molar refractivity (Wildman–Crippen MR) is 149 cm³/mol. The van der Waals surface area contributed by atoms with Crippen LogP contribution in [0.4, 0.5) is 5.69 Å². The second-order valence-corrected chi connectivity index (χ2v) is 11.0. The van der Waals surface area contributed by atoms with Crippen LogP contribution in [0.3, 0.4) is 0 Å². The molecule has 2 heterocycles. The first-order valence-corrected chi connectivity index (χ1v) is 13.5. The summed E-state index contributed by atoms with van der Waals surface area (Å²) in [5, 5.41) is 0.986. The number of anilines is 1. The molecule has 4 aromatic rings. The van der Waals surface area contributed by atoms with Gasteiger partial charge in [0.25, 0.3) is 5.56 Å². The summed E-state index contributed by atoms with van der Waals surface area (Å²) in [7, 11) is 0. The van der Waals surface area contributed by atoms with Crippen LogP contribution < -0.4 is 10.5 Å². The van der Waals surface area contributed by atoms with E-state index >= 15 is 0 Å². The number of para-hydroxylation sites is 1. The maximum Gasteiger partial charge on any atom is 0.266 e. The highest BCUT2D eigenvalue weighted by atomic mass is 35.5. The Hall–Kier alpha value is -3.09. The van der Waals surface area contributed by atoms with Crippen molar-refractivity contribution in [3.8, 4) is 5.69 Å². The summed E-state index contributed by atoms with van der Waals surface area (Å²) in [6.07, 6.45) is 1.89. The lowest BCUT2D eigenvalue weighted by Gasteiger charge is -2.22. The second kappa shape index (κ2) is 10.1. The van der Waals surface area contributed by atoms with E-state index in [-0.39, 0.29) is 11.5 Å². The molecule has 1 amide bonds. The molecule has 0 radical (unpaired) electrons. The van der Waals surface area contributed by atoms with Gasteiger partial charge in [-0.15, -0.1) is 0 Å². The molecule has 0 spiro atoms. The summed E-state index contributed by atoms with van der Waals surface area (Å²) in [6.45, 7) is 6.89. The monoisotopic (exact) mass is 517 g/mol. The van der Waals surface area contributed by atoms with Crippen molar-refractivity contribution in [3.63, 3.8) is 0 Å². The first-order chi connectivity index (χ1) is 17.4. The van der Waals surface area contributed by atoms with E-state index in [1.165, 1.54) is 22.9 Å². The van der Waals surface area contributed by atoms with Gasteiger partial charge in [0.05, 0.1) is 21.8 Å². The van der Waals surface area contributed by atoms with Gasteiger partial charge in [-0.25, -0.2) is 4.98 Å². The molecule has 2 atom stereocenters. The van der Waals surface area contributed by atoms with Crippen molar-refractivity contribution in [1.29, 1.82) is 0 Å². The van der Waals surface area contributed by atoms with Crippen molar-refractivity contribution in [2.45, 2.75) is 49.9 Å². The Bertz CT molecular complexity index is 1500. The van der Waals surface area contributed by atoms with Gasteiger partial charge in [-0.1, -0.05) is 67.5 Å². The van der Waals surface area contributed by atoms with E-state index in [2.05, 4.69) is 32.0 Å². The van der Waals surface area contributed by atoms with Gasteiger partial charge in [0.1, 0.15) is 0 Å². The van der Waals surface area contributed by atoms with E-state index < -0.39 is 5.25 Å². The van der Waals surface area contributed by atoms with Crippen molar-refractivity contribution in [2.24, 2.45) is 0 Å². The van der Waals surface area contributed by atoms with Crippen LogP contribution in [-0.4, -0.2) is 27.3 Å². The number of fused-ring (bicyclic) bond motifs is 2. The number of hydrogen-bond acceptors (Lipinski definition) is 4. The summed E-state index contributed by atoms with van der Waals surface area (Å²) in [6, 6.07) is 21.2. The molecule has 1 aromatic heterocycles. The van der Waals surface area contributed by atoms with Crippen LogP contribution in [0, 0.1) is 0 Å². The minimum atomic E-state index is -0.432. The Morgan fingerprint density at radius 3 is 2.58 bits per heavy atom. The second-order valence-electron chi connectivity index (χ2n) is 9.23. The van der Waals surface area contributed by atoms with Crippen molar-refractivity contribution < 1.29 is 4.79 Å². The molecule has 5 nitrogen and oxygen atoms in total. The van der Waals surface area contributed by atoms with Gasteiger partial charge >= 0.3 is 0 Å². The molecule has 7 heteroatoms. The third-order valence-corrected chi connectivity index (χ3v) is 8.19. The number of thioether (sulfide) groups is 1. The van der Waals surface area contributed by atoms with Crippen LogP contribution in [0.2, 0.25) is 5.02 Å². The van der Waals surface area contributed by atoms with E-state index in [9.17, 15) is 9.59 Å². The Morgan fingerprint density at radius 1 is 1.08 bits per heavy atom. The van der Waals surface area contributed by atoms with E-state index in [1.807, 2.05) is 42.2 Å². The number of aromatic nitrogens is 2. The van der Waals surface area contributed by atoms with Crippen molar-refractivity contribution >= 4 is 45.9 Å². The molecule has 1 aliphatic heterocycles. The van der Waals surface area contributed by atoms with Gasteiger partial charge in [0.15, 0.2) is 5.16 Å². The number of halogens is 1. The van der Waals surface area contributed by atoms with E-state index in [1.54, 1.807) is 22.8 Å². The average Bonchev–Trinajstić information content (AvgIpc) is 3.33. The van der Waals surface area contributed by atoms with Crippen LogP contribution in [0.5, 0.6) is 0 Å². The van der Waals surface area contributed by atoms with Gasteiger partial charge in [0.2, 0.25) is 5.91 Å². The molecule has 0 fully saturated rings. The molecular formula is C29H28ClN3O2S. The minimum absolute atomic E-state index is 0.00840.